The van der Waals surface area contributed by atoms with E-state index in [4.69, 9.17) is 9.47 Å². The first-order valence-corrected chi connectivity index (χ1v) is 8.21. The van der Waals surface area contributed by atoms with Gasteiger partial charge in [-0.15, -0.1) is 0 Å². The summed E-state index contributed by atoms with van der Waals surface area (Å²) in [5.74, 6) is 0. The lowest BCUT2D eigenvalue weighted by molar-refractivity contribution is -0.153. The third-order valence-corrected chi connectivity index (χ3v) is 3.54. The lowest BCUT2D eigenvalue weighted by Gasteiger charge is -2.28. The van der Waals surface area contributed by atoms with Crippen LogP contribution in [0.1, 0.15) is 32.8 Å². The van der Waals surface area contributed by atoms with Gasteiger partial charge in [0.25, 0.3) is 0 Å². The molecule has 3 nitrogen and oxygen atoms in total. The topological polar surface area (TPSA) is 30.5 Å². The van der Waals surface area contributed by atoms with Crippen molar-refractivity contribution in [1.82, 2.24) is 5.32 Å². The SMILES string of the molecule is CCCNC(Cc1ccc(Br)cc1)C(OCC)OCC. The van der Waals surface area contributed by atoms with Crippen LogP contribution in [-0.4, -0.2) is 32.1 Å². The Morgan fingerprint density at radius 1 is 1.05 bits per heavy atom. The smallest absolute Gasteiger partial charge is 0.172 e. The highest BCUT2D eigenvalue weighted by molar-refractivity contribution is 9.10. The number of benzene rings is 1. The van der Waals surface area contributed by atoms with E-state index in [1.165, 1.54) is 5.56 Å². The number of nitrogens with one attached hydrogen (secondary N) is 1. The maximum atomic E-state index is 5.74. The summed E-state index contributed by atoms with van der Waals surface area (Å²) < 4.78 is 12.6. The van der Waals surface area contributed by atoms with Crippen molar-refractivity contribution in [2.24, 2.45) is 0 Å². The summed E-state index contributed by atoms with van der Waals surface area (Å²) >= 11 is 3.47. The maximum Gasteiger partial charge on any atom is 0.172 e. The predicted molar refractivity (Wildman–Crippen MR) is 87.0 cm³/mol. The molecule has 1 aromatic carbocycles. The van der Waals surface area contributed by atoms with Crippen molar-refractivity contribution < 1.29 is 9.47 Å². The third kappa shape index (κ3) is 6.35. The van der Waals surface area contributed by atoms with Gasteiger partial charge in [-0.25, -0.2) is 0 Å². The van der Waals surface area contributed by atoms with Crippen molar-refractivity contribution in [2.75, 3.05) is 19.8 Å². The van der Waals surface area contributed by atoms with Gasteiger partial charge in [0.1, 0.15) is 0 Å². The fourth-order valence-corrected chi connectivity index (χ4v) is 2.34. The van der Waals surface area contributed by atoms with Crippen molar-refractivity contribution in [1.29, 1.82) is 0 Å². The van der Waals surface area contributed by atoms with E-state index in [1.54, 1.807) is 0 Å². The van der Waals surface area contributed by atoms with Gasteiger partial charge in [-0.3, -0.25) is 0 Å². The summed E-state index contributed by atoms with van der Waals surface area (Å²) in [6.45, 7) is 8.47. The summed E-state index contributed by atoms with van der Waals surface area (Å²) in [4.78, 5) is 0. The van der Waals surface area contributed by atoms with Crippen LogP contribution in [0.5, 0.6) is 0 Å². The summed E-state index contributed by atoms with van der Waals surface area (Å²) in [6, 6.07) is 8.60. The summed E-state index contributed by atoms with van der Waals surface area (Å²) in [5.41, 5.74) is 1.28. The highest BCUT2D eigenvalue weighted by atomic mass is 79.9. The van der Waals surface area contributed by atoms with Gasteiger partial charge in [0, 0.05) is 17.7 Å². The van der Waals surface area contributed by atoms with Crippen LogP contribution >= 0.6 is 15.9 Å². The molecule has 0 fully saturated rings. The van der Waals surface area contributed by atoms with E-state index in [-0.39, 0.29) is 12.3 Å². The number of rotatable bonds is 10. The molecule has 1 atom stereocenters. The van der Waals surface area contributed by atoms with Crippen LogP contribution in [-0.2, 0) is 15.9 Å². The van der Waals surface area contributed by atoms with Gasteiger partial charge >= 0.3 is 0 Å². The van der Waals surface area contributed by atoms with Crippen molar-refractivity contribution >= 4 is 15.9 Å². The molecule has 1 rings (SSSR count). The Kier molecular flexibility index (Phi) is 9.10. The van der Waals surface area contributed by atoms with Crippen molar-refractivity contribution in [3.63, 3.8) is 0 Å². The van der Waals surface area contributed by atoms with E-state index < -0.39 is 0 Å². The first-order valence-electron chi connectivity index (χ1n) is 7.42. The molecule has 0 radical (unpaired) electrons. The molecular formula is C16H26BrNO2. The molecule has 0 saturated carbocycles. The second-order valence-electron chi connectivity index (χ2n) is 4.67. The minimum absolute atomic E-state index is 0.177. The minimum atomic E-state index is -0.194. The van der Waals surface area contributed by atoms with Crippen LogP contribution in [0.15, 0.2) is 28.7 Å². The Bertz CT molecular complexity index is 350. The van der Waals surface area contributed by atoms with Gasteiger partial charge in [-0.2, -0.15) is 0 Å². The second kappa shape index (κ2) is 10.3. The van der Waals surface area contributed by atoms with E-state index in [1.807, 2.05) is 13.8 Å². The van der Waals surface area contributed by atoms with Crippen LogP contribution in [0.2, 0.25) is 0 Å². The zero-order chi connectivity index (χ0) is 14.8. The molecule has 4 heteroatoms. The third-order valence-electron chi connectivity index (χ3n) is 3.02. The molecule has 20 heavy (non-hydrogen) atoms. The first kappa shape index (κ1) is 17.6. The van der Waals surface area contributed by atoms with E-state index in [0.29, 0.717) is 13.2 Å². The van der Waals surface area contributed by atoms with Crippen molar-refractivity contribution in [3.8, 4) is 0 Å². The molecule has 0 bridgehead atoms. The number of hydrogen-bond acceptors (Lipinski definition) is 3. The minimum Gasteiger partial charge on any atom is -0.351 e. The molecule has 1 N–H and O–H groups in total. The lowest BCUT2D eigenvalue weighted by Crippen LogP contribution is -2.45. The molecule has 0 spiro atoms. The second-order valence-corrected chi connectivity index (χ2v) is 5.59. The predicted octanol–water partition coefficient (Wildman–Crippen LogP) is 3.76. The standard InChI is InChI=1S/C16H26BrNO2/c1-4-11-18-15(16(19-5-2)20-6-3)12-13-7-9-14(17)10-8-13/h7-10,15-16,18H,4-6,11-12H2,1-3H3. The molecule has 1 unspecified atom stereocenters. The zero-order valence-corrected chi connectivity index (χ0v) is 14.3. The van der Waals surface area contributed by atoms with Crippen LogP contribution in [0.4, 0.5) is 0 Å². The van der Waals surface area contributed by atoms with E-state index in [9.17, 15) is 0 Å². The van der Waals surface area contributed by atoms with Gasteiger partial charge < -0.3 is 14.8 Å². The quantitative estimate of drug-likeness (QED) is 0.656. The summed E-state index contributed by atoms with van der Waals surface area (Å²) in [5, 5.41) is 3.54. The molecule has 0 heterocycles. The molecule has 0 aliphatic heterocycles. The lowest BCUT2D eigenvalue weighted by atomic mass is 10.1. The molecular weight excluding hydrogens is 318 g/mol. The molecule has 1 aromatic rings. The maximum absolute atomic E-state index is 5.74. The Labute approximate surface area is 131 Å². The monoisotopic (exact) mass is 343 g/mol. The first-order chi connectivity index (χ1) is 9.71. The summed E-state index contributed by atoms with van der Waals surface area (Å²) in [7, 11) is 0. The van der Waals surface area contributed by atoms with E-state index in [2.05, 4.69) is 52.4 Å². The number of halogens is 1. The van der Waals surface area contributed by atoms with Crippen molar-refractivity contribution in [2.45, 2.75) is 45.9 Å². The van der Waals surface area contributed by atoms with Gasteiger partial charge in [-0.1, -0.05) is 35.0 Å². The van der Waals surface area contributed by atoms with Gasteiger partial charge in [0.05, 0.1) is 6.04 Å². The number of hydrogen-bond donors (Lipinski definition) is 1. The Hall–Kier alpha value is -0.420. The Morgan fingerprint density at radius 2 is 1.65 bits per heavy atom. The fraction of sp³-hybridized carbons (Fsp3) is 0.625. The molecule has 114 valence electrons. The Balaban J connectivity index is 2.72. The van der Waals surface area contributed by atoms with Crippen LogP contribution in [0.25, 0.3) is 0 Å². The van der Waals surface area contributed by atoms with E-state index in [0.717, 1.165) is 23.9 Å². The zero-order valence-electron chi connectivity index (χ0n) is 12.7. The molecule has 0 aliphatic rings. The van der Waals surface area contributed by atoms with Gasteiger partial charge in [0.15, 0.2) is 6.29 Å². The van der Waals surface area contributed by atoms with Gasteiger partial charge in [0.2, 0.25) is 0 Å². The average molecular weight is 344 g/mol. The van der Waals surface area contributed by atoms with Crippen LogP contribution < -0.4 is 5.32 Å². The Morgan fingerprint density at radius 3 is 2.15 bits per heavy atom. The van der Waals surface area contributed by atoms with Crippen molar-refractivity contribution in [3.05, 3.63) is 34.3 Å². The highest BCUT2D eigenvalue weighted by Crippen LogP contribution is 2.14. The highest BCUT2D eigenvalue weighted by Gasteiger charge is 2.22. The summed E-state index contributed by atoms with van der Waals surface area (Å²) in [6.07, 6.45) is 1.81. The molecule has 0 amide bonds. The van der Waals surface area contributed by atoms with Gasteiger partial charge in [-0.05, 0) is 50.9 Å². The van der Waals surface area contributed by atoms with Crippen LogP contribution in [0.3, 0.4) is 0 Å². The largest absolute Gasteiger partial charge is 0.351 e. The van der Waals surface area contributed by atoms with E-state index >= 15 is 0 Å². The number of ether oxygens (including phenoxy) is 2. The fourth-order valence-electron chi connectivity index (χ4n) is 2.08. The molecule has 0 saturated heterocycles. The van der Waals surface area contributed by atoms with Crippen LogP contribution in [0, 0.1) is 0 Å². The molecule has 0 aliphatic carbocycles. The molecule has 0 aromatic heterocycles. The average Bonchev–Trinajstić information content (AvgIpc) is 2.45. The normalized spacial score (nSPS) is 12.8.